The molecule has 1 unspecified atom stereocenters. The van der Waals surface area contributed by atoms with Crippen molar-refractivity contribution < 1.29 is 89.0 Å². The third kappa shape index (κ3) is 8.67. The van der Waals surface area contributed by atoms with E-state index in [1.807, 2.05) is 0 Å². The summed E-state index contributed by atoms with van der Waals surface area (Å²) in [6.45, 7) is -3.37. The molecule has 0 aromatic heterocycles. The summed E-state index contributed by atoms with van der Waals surface area (Å²) < 4.78 is 91.4. The lowest BCUT2D eigenvalue weighted by Gasteiger charge is -2.46. The molecule has 0 saturated carbocycles. The predicted octanol–water partition coefficient (Wildman–Crippen LogP) is -6.37. The van der Waals surface area contributed by atoms with Crippen LogP contribution in [0.3, 0.4) is 0 Å². The Bertz CT molecular complexity index is 895. The van der Waals surface area contributed by atoms with Crippen molar-refractivity contribution in [3.8, 4) is 0 Å². The average Bonchev–Trinajstić information content (AvgIpc) is 2.78. The molecule has 214 valence electrons. The quantitative estimate of drug-likeness (QED) is 0.0975. The van der Waals surface area contributed by atoms with Gasteiger partial charge in [0.1, 0.15) is 48.8 Å². The van der Waals surface area contributed by atoms with Crippen LogP contribution in [0, 0.1) is 0 Å². The highest BCUT2D eigenvalue weighted by molar-refractivity contribution is 7.81. The lowest BCUT2D eigenvalue weighted by molar-refractivity contribution is -0.366. The summed E-state index contributed by atoms with van der Waals surface area (Å²) in [7, 11) is -10.4. The summed E-state index contributed by atoms with van der Waals surface area (Å²) in [4.78, 5) is 0. The van der Waals surface area contributed by atoms with Gasteiger partial charge in [-0.2, -0.15) is 16.8 Å². The number of aliphatic hydroxyl groups is 7. The summed E-state index contributed by atoms with van der Waals surface area (Å²) in [6, 6.07) is 0. The number of ether oxygens (including phenoxy) is 4. The molecule has 0 bridgehead atoms. The Morgan fingerprint density at radius 1 is 0.778 bits per heavy atom. The second-order valence-corrected chi connectivity index (χ2v) is 9.84. The molecule has 2 rings (SSSR count). The topological polar surface area (TPSA) is 306 Å². The van der Waals surface area contributed by atoms with E-state index in [0.29, 0.717) is 0 Å². The lowest BCUT2D eigenvalue weighted by atomic mass is 9.97. The first-order chi connectivity index (χ1) is 16.6. The number of rotatable bonds is 12. The number of hydrogen-bond acceptors (Lipinski definition) is 17. The summed E-state index contributed by atoms with van der Waals surface area (Å²) in [6.07, 6.45) is -21.1. The molecular formula is C15H28O19S2. The first-order valence-corrected chi connectivity index (χ1v) is 12.8. The molecule has 0 amide bonds. The van der Waals surface area contributed by atoms with E-state index in [2.05, 4.69) is 8.37 Å². The van der Waals surface area contributed by atoms with Gasteiger partial charge in [0.15, 0.2) is 18.7 Å². The van der Waals surface area contributed by atoms with Crippen LogP contribution < -0.4 is 0 Å². The van der Waals surface area contributed by atoms with Gasteiger partial charge in [-0.1, -0.05) is 0 Å². The Labute approximate surface area is 204 Å². The van der Waals surface area contributed by atoms with Crippen molar-refractivity contribution in [1.29, 1.82) is 0 Å². The van der Waals surface area contributed by atoms with E-state index in [1.165, 1.54) is 0 Å². The van der Waals surface area contributed by atoms with Crippen LogP contribution in [-0.4, -0.2) is 156 Å². The summed E-state index contributed by atoms with van der Waals surface area (Å²) in [5.41, 5.74) is 0. The molecule has 2 aliphatic rings. The van der Waals surface area contributed by atoms with E-state index in [1.54, 1.807) is 0 Å². The molecule has 0 spiro atoms. The van der Waals surface area contributed by atoms with Crippen molar-refractivity contribution >= 4 is 20.8 Å². The Morgan fingerprint density at radius 3 is 1.86 bits per heavy atom. The van der Waals surface area contributed by atoms with Crippen LogP contribution in [0.15, 0.2) is 0 Å². The fraction of sp³-hybridized carbons (Fsp3) is 1.00. The van der Waals surface area contributed by atoms with E-state index in [0.717, 1.165) is 0 Å². The van der Waals surface area contributed by atoms with Crippen LogP contribution in [0.25, 0.3) is 0 Å². The highest BCUT2D eigenvalue weighted by atomic mass is 32.3. The van der Waals surface area contributed by atoms with Crippen molar-refractivity contribution in [2.45, 2.75) is 67.5 Å². The van der Waals surface area contributed by atoms with Crippen LogP contribution >= 0.6 is 0 Å². The second-order valence-electron chi connectivity index (χ2n) is 7.70. The normalized spacial score (nSPS) is 39.1. The number of aliphatic hydroxyl groups excluding tert-OH is 7. The molecule has 0 radical (unpaired) electrons. The molecule has 19 nitrogen and oxygen atoms in total. The fourth-order valence-corrected chi connectivity index (χ4v) is 4.09. The van der Waals surface area contributed by atoms with Crippen LogP contribution in [0.4, 0.5) is 0 Å². The highest BCUT2D eigenvalue weighted by Crippen LogP contribution is 2.31. The van der Waals surface area contributed by atoms with Gasteiger partial charge in [-0.15, -0.1) is 0 Å². The summed E-state index contributed by atoms with van der Waals surface area (Å²) in [5.74, 6) is 0. The first kappa shape index (κ1) is 31.5. The molecule has 2 heterocycles. The molecule has 21 heteroatoms. The minimum atomic E-state index is -5.35. The summed E-state index contributed by atoms with van der Waals surface area (Å²) in [5, 5.41) is 69.0. The third-order valence-electron chi connectivity index (χ3n) is 5.04. The number of hydrogen-bond donors (Lipinski definition) is 9. The fourth-order valence-electron chi connectivity index (χ4n) is 3.30. The molecule has 0 aliphatic carbocycles. The standard InChI is InChI=1S/C15H28O19S2/c16-1-5(18)3-29-14-12(10(21)8(19)6(2-17)31-14)33-15-13(34-36(26,27)28)11(22)9(20)7(32-15)4-30-35(23,24)25/h5-22H,1-4H2,(H,23,24,25)(H,26,27,28)/t5?,6-,7-,8-,9-,10+,11+,12-,13+,14+,15-/m1/s1. The molecule has 2 aliphatic heterocycles. The van der Waals surface area contributed by atoms with Gasteiger partial charge >= 0.3 is 20.8 Å². The van der Waals surface area contributed by atoms with Gasteiger partial charge in [-0.05, 0) is 0 Å². The maximum atomic E-state index is 11.3. The zero-order chi connectivity index (χ0) is 27.4. The van der Waals surface area contributed by atoms with Crippen LogP contribution in [0.5, 0.6) is 0 Å². The van der Waals surface area contributed by atoms with Crippen molar-refractivity contribution in [3.63, 3.8) is 0 Å². The van der Waals surface area contributed by atoms with Gasteiger partial charge in [-0.3, -0.25) is 9.11 Å². The first-order valence-electron chi connectivity index (χ1n) is 10.1. The second kappa shape index (κ2) is 12.9. The molecule has 0 aromatic rings. The largest absolute Gasteiger partial charge is 0.397 e. The minimum absolute atomic E-state index is 0.634. The van der Waals surface area contributed by atoms with E-state index < -0.39 is 115 Å². The van der Waals surface area contributed by atoms with Crippen molar-refractivity contribution in [2.24, 2.45) is 0 Å². The Hall–Kier alpha value is -0.700. The van der Waals surface area contributed by atoms with Gasteiger partial charge in [0.05, 0.1) is 26.4 Å². The van der Waals surface area contributed by atoms with E-state index in [9.17, 15) is 47.5 Å². The van der Waals surface area contributed by atoms with Crippen molar-refractivity contribution in [1.82, 2.24) is 0 Å². The molecule has 36 heavy (non-hydrogen) atoms. The maximum absolute atomic E-state index is 11.3. The van der Waals surface area contributed by atoms with E-state index in [-0.39, 0.29) is 0 Å². The summed E-state index contributed by atoms with van der Waals surface area (Å²) >= 11 is 0. The zero-order valence-electron chi connectivity index (χ0n) is 18.1. The minimum Gasteiger partial charge on any atom is -0.394 e. The molecule has 11 atom stereocenters. The maximum Gasteiger partial charge on any atom is 0.397 e. The molecule has 9 N–H and O–H groups in total. The molecule has 0 aromatic carbocycles. The monoisotopic (exact) mass is 576 g/mol. The zero-order valence-corrected chi connectivity index (χ0v) is 19.7. The van der Waals surface area contributed by atoms with Crippen LogP contribution in [0.1, 0.15) is 0 Å². The molecule has 2 saturated heterocycles. The SMILES string of the molecule is O=S(=O)(O)OC[C@H]1O[C@H](O[C@H]2[C@@H](OCC(O)CO)O[C@H](CO)[C@@H](O)[C@@H]2O)[C@@H](OS(=O)(=O)O)[C@@H](O)[C@@H]1O. The Morgan fingerprint density at radius 2 is 1.33 bits per heavy atom. The molecular weight excluding hydrogens is 548 g/mol. The van der Waals surface area contributed by atoms with Crippen molar-refractivity contribution in [3.05, 3.63) is 0 Å². The van der Waals surface area contributed by atoms with Gasteiger partial charge in [0.2, 0.25) is 0 Å². The Kier molecular flexibility index (Phi) is 11.3. The predicted molar refractivity (Wildman–Crippen MR) is 106 cm³/mol. The van der Waals surface area contributed by atoms with E-state index >= 15 is 0 Å². The van der Waals surface area contributed by atoms with Crippen LogP contribution in [-0.2, 0) is 48.1 Å². The smallest absolute Gasteiger partial charge is 0.394 e. The van der Waals surface area contributed by atoms with E-state index in [4.69, 9.17) is 33.2 Å². The van der Waals surface area contributed by atoms with Gasteiger partial charge in [0.25, 0.3) is 0 Å². The van der Waals surface area contributed by atoms with Crippen molar-refractivity contribution in [2.75, 3.05) is 26.4 Å². The highest BCUT2D eigenvalue weighted by Gasteiger charge is 2.53. The van der Waals surface area contributed by atoms with Gasteiger partial charge < -0.3 is 54.7 Å². The van der Waals surface area contributed by atoms with Crippen LogP contribution in [0.2, 0.25) is 0 Å². The average molecular weight is 577 g/mol. The Balaban J connectivity index is 2.34. The lowest BCUT2D eigenvalue weighted by Crippen LogP contribution is -2.65. The van der Waals surface area contributed by atoms with Gasteiger partial charge in [0, 0.05) is 0 Å². The molecule has 2 fully saturated rings. The third-order valence-corrected chi connectivity index (χ3v) is 5.94. The van der Waals surface area contributed by atoms with Gasteiger partial charge in [-0.25, -0.2) is 8.37 Å².